The molecule has 6 aliphatic heterocycles. The predicted octanol–water partition coefficient (Wildman–Crippen LogP) is -3.41. The third-order valence-electron chi connectivity index (χ3n) is 24.7. The highest BCUT2D eigenvalue weighted by molar-refractivity contribution is 5.73. The van der Waals surface area contributed by atoms with Crippen LogP contribution in [-0.2, 0) is 56.9 Å². The van der Waals surface area contributed by atoms with Crippen LogP contribution in [0.2, 0.25) is 0 Å². The van der Waals surface area contributed by atoms with Crippen LogP contribution in [0.15, 0.2) is 0 Å². The summed E-state index contributed by atoms with van der Waals surface area (Å²) in [5, 5.41) is 178. The molecule has 5 aliphatic carbocycles. The summed E-state index contributed by atoms with van der Waals surface area (Å²) in [6.45, 7) is 15.0. The van der Waals surface area contributed by atoms with Crippen LogP contribution in [-0.4, -0.2) is 285 Å². The van der Waals surface area contributed by atoms with Crippen LogP contribution >= 0.6 is 0 Å². The zero-order chi connectivity index (χ0) is 64.1. The van der Waals surface area contributed by atoms with Gasteiger partial charge >= 0.3 is 5.97 Å². The zero-order valence-electron chi connectivity index (χ0n) is 51.3. The van der Waals surface area contributed by atoms with Gasteiger partial charge in [-0.25, -0.2) is 4.79 Å². The standard InChI is InChI=1S/C60H98O28/c1-23-32(65)36(69)40(73)49(79-23)86-45-38(71)34(67)26(21-63)82-52(45)87-46-39(72)35(68)25(20-62)81-51(46)84-43-42(75)44(48(76)77)85-53(47(43)88-50-41(74)37(70)33(66)24(19-61)80-50)83-31-11-12-56(6)27(55(31,4)5)9-13-57(7)28(56)10-14-60-29-17-54(2,3)15-16-59(29,22-78-60)30(64)18-58(57,60)8/h23-47,49-53,61-75H,9-22H2,1-8H3,(H,76,77). The monoisotopic (exact) mass is 1270 g/mol. The molecular weight excluding hydrogens is 1170 g/mol. The van der Waals surface area contributed by atoms with Gasteiger partial charge in [-0.2, -0.15) is 0 Å². The van der Waals surface area contributed by atoms with Gasteiger partial charge in [0.1, 0.15) is 110 Å². The Kier molecular flexibility index (Phi) is 18.7. The third kappa shape index (κ3) is 10.5. The number of carboxylic acids is 1. The molecule has 1 spiro atoms. The van der Waals surface area contributed by atoms with Gasteiger partial charge in [0.05, 0.1) is 50.3 Å². The maximum Gasteiger partial charge on any atom is 0.335 e. The predicted molar refractivity (Wildman–Crippen MR) is 294 cm³/mol. The van der Waals surface area contributed by atoms with Crippen LogP contribution in [0.25, 0.3) is 0 Å². The van der Waals surface area contributed by atoms with Crippen molar-refractivity contribution in [2.24, 2.45) is 50.2 Å². The summed E-state index contributed by atoms with van der Waals surface area (Å²) in [7, 11) is 0. The highest BCUT2D eigenvalue weighted by Crippen LogP contribution is 2.80. The van der Waals surface area contributed by atoms with E-state index < -0.39 is 203 Å². The second-order valence-electron chi connectivity index (χ2n) is 29.9. The lowest BCUT2D eigenvalue weighted by Crippen LogP contribution is -2.74. The summed E-state index contributed by atoms with van der Waals surface area (Å²) in [6.07, 6.45) is -42.1. The molecular formula is C60H98O28. The number of aliphatic hydroxyl groups excluding tert-OH is 15. The van der Waals surface area contributed by atoms with Gasteiger partial charge in [0, 0.05) is 10.8 Å². The SMILES string of the molecule is CC1OC(OC2C(OC3C(OC4C(O)C(C(=O)O)OC(OC5CCC6(C)C(CCC7(C)C6CCC68OCC9(CCC(C)(C)CC96)C(O)CC78C)C5(C)C)C4OC4OC(CO)C(O)C(O)C4O)OC(CO)C(O)C3O)OC(CO)C(O)C2O)C(O)C(O)C1O. The first kappa shape index (κ1) is 67.8. The summed E-state index contributed by atoms with van der Waals surface area (Å²) in [5.74, 6) is -1.38. The van der Waals surface area contributed by atoms with Crippen molar-refractivity contribution < 1.29 is 139 Å². The van der Waals surface area contributed by atoms with Crippen molar-refractivity contribution in [2.45, 2.75) is 291 Å². The van der Waals surface area contributed by atoms with Crippen molar-refractivity contribution in [1.29, 1.82) is 0 Å². The molecule has 35 unspecified atom stereocenters. The molecule has 0 aromatic carbocycles. The number of aliphatic hydroxyl groups is 15. The van der Waals surface area contributed by atoms with Crippen molar-refractivity contribution in [2.75, 3.05) is 26.4 Å². The number of hydrogen-bond acceptors (Lipinski definition) is 27. The lowest BCUT2D eigenvalue weighted by atomic mass is 9.30. The van der Waals surface area contributed by atoms with Gasteiger partial charge in [0.25, 0.3) is 0 Å². The van der Waals surface area contributed by atoms with E-state index in [1.165, 1.54) is 6.92 Å². The Morgan fingerprint density at radius 3 is 1.55 bits per heavy atom. The number of aliphatic carboxylic acids is 1. The zero-order valence-corrected chi connectivity index (χ0v) is 51.3. The summed E-state index contributed by atoms with van der Waals surface area (Å²) >= 11 is 0. The topological polar surface area (TPSA) is 442 Å². The normalized spacial score (nSPS) is 56.7. The summed E-state index contributed by atoms with van der Waals surface area (Å²) in [4.78, 5) is 13.4. The summed E-state index contributed by atoms with van der Waals surface area (Å²) in [5.41, 5.74) is -2.26. The Labute approximate surface area is 510 Å². The molecule has 28 nitrogen and oxygen atoms in total. The average Bonchev–Trinajstić information content (AvgIpc) is 1.28. The van der Waals surface area contributed by atoms with Crippen molar-refractivity contribution in [1.82, 2.24) is 0 Å². The van der Waals surface area contributed by atoms with Crippen LogP contribution in [0.4, 0.5) is 0 Å². The minimum absolute atomic E-state index is 0.0359. The Morgan fingerprint density at radius 2 is 0.966 bits per heavy atom. The Balaban J connectivity index is 0.914. The van der Waals surface area contributed by atoms with Gasteiger partial charge in [0.15, 0.2) is 37.6 Å². The van der Waals surface area contributed by atoms with Crippen molar-refractivity contribution >= 4 is 5.97 Å². The van der Waals surface area contributed by atoms with Gasteiger partial charge < -0.3 is 134 Å². The lowest BCUT2D eigenvalue weighted by Gasteiger charge is -2.75. The van der Waals surface area contributed by atoms with E-state index in [0.29, 0.717) is 25.9 Å². The Morgan fingerprint density at radius 1 is 0.466 bits per heavy atom. The van der Waals surface area contributed by atoms with E-state index in [0.717, 1.165) is 44.9 Å². The molecule has 6 saturated heterocycles. The molecule has 0 aromatic rings. The van der Waals surface area contributed by atoms with E-state index in [2.05, 4.69) is 48.5 Å². The molecule has 0 amide bonds. The first-order valence-electron chi connectivity index (χ1n) is 31.6. The Bertz CT molecular complexity index is 2460. The fourth-order valence-corrected chi connectivity index (χ4v) is 19.4. The minimum atomic E-state index is -2.33. The highest BCUT2D eigenvalue weighted by atomic mass is 16.8. The van der Waals surface area contributed by atoms with Gasteiger partial charge in [0.2, 0.25) is 0 Å². The second kappa shape index (κ2) is 24.3. The van der Waals surface area contributed by atoms with Gasteiger partial charge in [-0.15, -0.1) is 0 Å². The lowest BCUT2D eigenvalue weighted by molar-refractivity contribution is -0.413. The quantitative estimate of drug-likeness (QED) is 0.0754. The summed E-state index contributed by atoms with van der Waals surface area (Å²) < 4.78 is 68.8. The molecule has 506 valence electrons. The van der Waals surface area contributed by atoms with E-state index in [1.807, 2.05) is 0 Å². The second-order valence-corrected chi connectivity index (χ2v) is 29.9. The fraction of sp³-hybridized carbons (Fsp3) is 0.983. The number of carbonyl (C=O) groups is 1. The smallest absolute Gasteiger partial charge is 0.335 e. The molecule has 6 heterocycles. The minimum Gasteiger partial charge on any atom is -0.479 e. The Hall–Kier alpha value is -1.57. The number of rotatable bonds is 14. The fourth-order valence-electron chi connectivity index (χ4n) is 19.4. The van der Waals surface area contributed by atoms with Crippen LogP contribution in [0.3, 0.4) is 0 Å². The highest BCUT2D eigenvalue weighted by Gasteiger charge is 2.80. The third-order valence-corrected chi connectivity index (χ3v) is 24.7. The first-order valence-corrected chi connectivity index (χ1v) is 31.6. The van der Waals surface area contributed by atoms with Crippen LogP contribution in [0.1, 0.15) is 120 Å². The van der Waals surface area contributed by atoms with Gasteiger partial charge in [-0.05, 0) is 111 Å². The molecule has 11 fully saturated rings. The number of carboxylic acid groups (broad SMARTS) is 1. The number of hydrogen-bond donors (Lipinski definition) is 16. The molecule has 28 heteroatoms. The average molecular weight is 1270 g/mol. The van der Waals surface area contributed by atoms with E-state index >= 15 is 0 Å². The molecule has 5 saturated carbocycles. The van der Waals surface area contributed by atoms with E-state index in [9.17, 15) is 86.5 Å². The van der Waals surface area contributed by atoms with E-state index in [1.54, 1.807) is 0 Å². The molecule has 88 heavy (non-hydrogen) atoms. The van der Waals surface area contributed by atoms with Crippen LogP contribution in [0.5, 0.6) is 0 Å². The summed E-state index contributed by atoms with van der Waals surface area (Å²) in [6, 6.07) is 0. The number of ether oxygens (including phenoxy) is 11. The maximum absolute atomic E-state index is 13.4. The largest absolute Gasteiger partial charge is 0.479 e. The molecule has 0 radical (unpaired) electrons. The van der Waals surface area contributed by atoms with Crippen molar-refractivity contribution in [3.63, 3.8) is 0 Å². The van der Waals surface area contributed by atoms with Crippen LogP contribution in [0, 0.1) is 50.2 Å². The maximum atomic E-state index is 13.4. The van der Waals surface area contributed by atoms with Crippen molar-refractivity contribution in [3.8, 4) is 0 Å². The van der Waals surface area contributed by atoms with Gasteiger partial charge in [-0.3, -0.25) is 0 Å². The molecule has 11 aliphatic rings. The molecule has 2 bridgehead atoms. The first-order chi connectivity index (χ1) is 41.2. The van der Waals surface area contributed by atoms with E-state index in [4.69, 9.17) is 52.1 Å². The number of fused-ring (bicyclic) bond motifs is 4. The van der Waals surface area contributed by atoms with Crippen molar-refractivity contribution in [3.05, 3.63) is 0 Å². The molecule has 0 aromatic heterocycles. The molecule has 11 rings (SSSR count). The van der Waals surface area contributed by atoms with Crippen LogP contribution < -0.4 is 0 Å². The molecule has 16 N–H and O–H groups in total. The van der Waals surface area contributed by atoms with Gasteiger partial charge in [-0.1, -0.05) is 48.5 Å². The molecule has 35 atom stereocenters. The van der Waals surface area contributed by atoms with E-state index in [-0.39, 0.29) is 44.8 Å².